The Morgan fingerprint density at radius 1 is 1.07 bits per heavy atom. The number of aryl methyl sites for hydroxylation is 2. The first-order valence-electron chi connectivity index (χ1n) is 10.1. The van der Waals surface area contributed by atoms with Crippen molar-refractivity contribution in [1.82, 2.24) is 14.9 Å². The number of benzene rings is 1. The molecule has 1 aliphatic heterocycles. The molecule has 3 rings (SSSR count). The summed E-state index contributed by atoms with van der Waals surface area (Å²) in [6.45, 7) is 5.47. The lowest BCUT2D eigenvalue weighted by atomic mass is 10.1. The molecule has 1 aromatic heterocycles. The van der Waals surface area contributed by atoms with Crippen LogP contribution in [0.1, 0.15) is 53.0 Å². The van der Waals surface area contributed by atoms with Gasteiger partial charge in [-0.25, -0.2) is 9.97 Å². The van der Waals surface area contributed by atoms with Gasteiger partial charge in [0.25, 0.3) is 5.91 Å². The average Bonchev–Trinajstić information content (AvgIpc) is 2.73. The number of hydrogen-bond donors (Lipinski definition) is 1. The van der Waals surface area contributed by atoms with Gasteiger partial charge in [0.1, 0.15) is 0 Å². The van der Waals surface area contributed by atoms with E-state index < -0.39 is 0 Å². The molecule has 1 saturated heterocycles. The summed E-state index contributed by atoms with van der Waals surface area (Å²) in [5.41, 5.74) is 3.97. The van der Waals surface area contributed by atoms with Crippen LogP contribution in [0.25, 0.3) is 0 Å². The Morgan fingerprint density at radius 3 is 2.38 bits per heavy atom. The lowest BCUT2D eigenvalue weighted by Gasteiger charge is -2.27. The summed E-state index contributed by atoms with van der Waals surface area (Å²) < 4.78 is 0. The van der Waals surface area contributed by atoms with Crippen LogP contribution in [0, 0.1) is 13.8 Å². The number of thioether (sulfide) groups is 1. The minimum atomic E-state index is -0.114. The number of aromatic nitrogens is 2. The van der Waals surface area contributed by atoms with E-state index in [-0.39, 0.29) is 11.8 Å². The molecule has 1 fully saturated rings. The second kappa shape index (κ2) is 9.87. The molecule has 0 unspecified atom stereocenters. The molecular formula is C22H28N4O2S. The van der Waals surface area contributed by atoms with E-state index in [9.17, 15) is 9.59 Å². The molecule has 0 saturated carbocycles. The molecule has 0 bridgehead atoms. The zero-order valence-corrected chi connectivity index (χ0v) is 18.1. The summed E-state index contributed by atoms with van der Waals surface area (Å²) in [5.74, 6) is -0.120. The largest absolute Gasteiger partial charge is 0.339 e. The number of nitrogens with zero attached hydrogens (tertiary/aromatic N) is 3. The Hall–Kier alpha value is -2.41. The number of nitrogens with one attached hydrogen (secondary N) is 1. The number of rotatable bonds is 6. The average molecular weight is 413 g/mol. The van der Waals surface area contributed by atoms with Gasteiger partial charge < -0.3 is 10.2 Å². The molecule has 0 spiro atoms. The van der Waals surface area contributed by atoms with Crippen molar-refractivity contribution >= 4 is 29.3 Å². The van der Waals surface area contributed by atoms with Crippen LogP contribution in [-0.4, -0.2) is 46.0 Å². The highest BCUT2D eigenvalue weighted by atomic mass is 32.2. The van der Waals surface area contributed by atoms with Crippen molar-refractivity contribution in [3.05, 3.63) is 46.8 Å². The van der Waals surface area contributed by atoms with Crippen molar-refractivity contribution in [3.63, 3.8) is 0 Å². The maximum Gasteiger partial charge on any atom is 0.255 e. The molecule has 2 heterocycles. The summed E-state index contributed by atoms with van der Waals surface area (Å²) in [5, 5.41) is 3.68. The first kappa shape index (κ1) is 21.3. The van der Waals surface area contributed by atoms with Crippen molar-refractivity contribution in [3.8, 4) is 0 Å². The highest BCUT2D eigenvalue weighted by Gasteiger charge is 2.21. The van der Waals surface area contributed by atoms with E-state index in [1.807, 2.05) is 37.1 Å². The predicted molar refractivity (Wildman–Crippen MR) is 116 cm³/mol. The molecule has 1 aliphatic rings. The minimum Gasteiger partial charge on any atom is -0.339 e. The van der Waals surface area contributed by atoms with Crippen LogP contribution in [0.3, 0.4) is 0 Å². The molecule has 0 radical (unpaired) electrons. The van der Waals surface area contributed by atoms with Gasteiger partial charge in [-0.1, -0.05) is 23.9 Å². The Balaban J connectivity index is 1.66. The van der Waals surface area contributed by atoms with E-state index >= 15 is 0 Å². The highest BCUT2D eigenvalue weighted by Crippen LogP contribution is 2.21. The van der Waals surface area contributed by atoms with E-state index in [0.717, 1.165) is 48.0 Å². The molecular weight excluding hydrogens is 384 g/mol. The van der Waals surface area contributed by atoms with Crippen molar-refractivity contribution in [2.45, 2.75) is 51.1 Å². The maximum atomic E-state index is 12.9. The van der Waals surface area contributed by atoms with E-state index in [1.54, 1.807) is 12.1 Å². The van der Waals surface area contributed by atoms with Crippen molar-refractivity contribution in [1.29, 1.82) is 0 Å². The van der Waals surface area contributed by atoms with Crippen LogP contribution >= 0.6 is 11.8 Å². The molecule has 6 nitrogen and oxygen atoms in total. The van der Waals surface area contributed by atoms with Crippen molar-refractivity contribution in [2.24, 2.45) is 0 Å². The standard InChI is InChI=1S/C22H28N4O2S/c1-15-17(16(2)24-22(23-15)29-3)11-12-20(27)25-19-10-6-5-9-18(19)21(28)26-13-7-4-8-14-26/h5-6,9-10H,4,7-8,11-14H2,1-3H3,(H,25,27). The Morgan fingerprint density at radius 2 is 1.72 bits per heavy atom. The molecule has 29 heavy (non-hydrogen) atoms. The summed E-state index contributed by atoms with van der Waals surface area (Å²) >= 11 is 1.51. The van der Waals surface area contributed by atoms with Gasteiger partial charge in [0, 0.05) is 30.9 Å². The topological polar surface area (TPSA) is 75.2 Å². The summed E-state index contributed by atoms with van der Waals surface area (Å²) in [6.07, 6.45) is 6.08. The third-order valence-corrected chi connectivity index (χ3v) is 5.81. The van der Waals surface area contributed by atoms with Crippen molar-refractivity contribution < 1.29 is 9.59 Å². The van der Waals surface area contributed by atoms with Crippen LogP contribution in [0.15, 0.2) is 29.4 Å². The smallest absolute Gasteiger partial charge is 0.255 e. The first-order chi connectivity index (χ1) is 14.0. The fourth-order valence-electron chi connectivity index (χ4n) is 3.66. The minimum absolute atomic E-state index is 0.00616. The summed E-state index contributed by atoms with van der Waals surface area (Å²) in [7, 11) is 0. The number of amides is 2. The second-order valence-electron chi connectivity index (χ2n) is 7.31. The quantitative estimate of drug-likeness (QED) is 0.573. The van der Waals surface area contributed by atoms with Crippen molar-refractivity contribution in [2.75, 3.05) is 24.7 Å². The van der Waals surface area contributed by atoms with E-state index in [1.165, 1.54) is 18.2 Å². The normalized spacial score (nSPS) is 14.0. The van der Waals surface area contributed by atoms with Crippen LogP contribution in [0.2, 0.25) is 0 Å². The maximum absolute atomic E-state index is 12.9. The fourth-order valence-corrected chi connectivity index (χ4v) is 4.12. The molecule has 2 aromatic rings. The van der Waals surface area contributed by atoms with E-state index in [2.05, 4.69) is 15.3 Å². The molecule has 2 amide bonds. The number of para-hydroxylation sites is 1. The van der Waals surface area contributed by atoms with E-state index in [0.29, 0.717) is 24.1 Å². The molecule has 0 atom stereocenters. The Labute approximate surface area is 176 Å². The van der Waals surface area contributed by atoms with Gasteiger partial charge in [0.15, 0.2) is 5.16 Å². The lowest BCUT2D eigenvalue weighted by Crippen LogP contribution is -2.36. The molecule has 154 valence electrons. The highest BCUT2D eigenvalue weighted by molar-refractivity contribution is 7.98. The number of hydrogen-bond acceptors (Lipinski definition) is 5. The van der Waals surface area contributed by atoms with Crippen LogP contribution in [-0.2, 0) is 11.2 Å². The molecule has 0 aliphatic carbocycles. The summed E-state index contributed by atoms with van der Waals surface area (Å²) in [6, 6.07) is 7.26. The molecule has 1 aromatic carbocycles. The Bertz CT molecular complexity index is 871. The number of likely N-dealkylation sites (tertiary alicyclic amines) is 1. The van der Waals surface area contributed by atoms with Gasteiger partial charge in [-0.15, -0.1) is 0 Å². The first-order valence-corrected chi connectivity index (χ1v) is 11.3. The third-order valence-electron chi connectivity index (χ3n) is 5.26. The van der Waals surface area contributed by atoms with Crippen LogP contribution < -0.4 is 5.32 Å². The lowest BCUT2D eigenvalue weighted by molar-refractivity contribution is -0.116. The molecule has 7 heteroatoms. The summed E-state index contributed by atoms with van der Waals surface area (Å²) in [4.78, 5) is 36.3. The SMILES string of the molecule is CSc1nc(C)c(CCC(=O)Nc2ccccc2C(=O)N2CCCCC2)c(C)n1. The Kier molecular flexibility index (Phi) is 7.25. The zero-order valence-electron chi connectivity index (χ0n) is 17.3. The van der Waals surface area contributed by atoms with Gasteiger partial charge in [-0.05, 0) is 63.5 Å². The zero-order chi connectivity index (χ0) is 20.8. The number of carbonyl (C=O) groups excluding carboxylic acids is 2. The van der Waals surface area contributed by atoms with Gasteiger partial charge in [-0.3, -0.25) is 9.59 Å². The third kappa shape index (κ3) is 5.35. The second-order valence-corrected chi connectivity index (χ2v) is 8.08. The predicted octanol–water partition coefficient (Wildman–Crippen LogP) is 4.01. The van der Waals surface area contributed by atoms with Crippen LogP contribution in [0.4, 0.5) is 5.69 Å². The van der Waals surface area contributed by atoms with Gasteiger partial charge in [0.05, 0.1) is 11.3 Å². The number of carbonyl (C=O) groups is 2. The van der Waals surface area contributed by atoms with Gasteiger partial charge in [-0.2, -0.15) is 0 Å². The number of anilines is 1. The monoisotopic (exact) mass is 412 g/mol. The van der Waals surface area contributed by atoms with Gasteiger partial charge >= 0.3 is 0 Å². The van der Waals surface area contributed by atoms with E-state index in [4.69, 9.17) is 0 Å². The number of piperidine rings is 1. The van der Waals surface area contributed by atoms with Crippen LogP contribution in [0.5, 0.6) is 0 Å². The van der Waals surface area contributed by atoms with Gasteiger partial charge in [0.2, 0.25) is 5.91 Å². The fraction of sp³-hybridized carbons (Fsp3) is 0.455. The molecule has 1 N–H and O–H groups in total.